The largest absolute Gasteiger partial charge is 0.496 e. The predicted molar refractivity (Wildman–Crippen MR) is 73.5 cm³/mol. The topological polar surface area (TPSA) is 44.5 Å². The van der Waals surface area contributed by atoms with Crippen molar-refractivity contribution in [2.24, 2.45) is 11.7 Å². The third-order valence-corrected chi connectivity index (χ3v) is 3.38. The molecule has 2 N–H and O–H groups in total. The van der Waals surface area contributed by atoms with E-state index in [-0.39, 0.29) is 0 Å². The predicted octanol–water partition coefficient (Wildman–Crippen LogP) is 2.33. The van der Waals surface area contributed by atoms with Crippen LogP contribution in [0.1, 0.15) is 30.5 Å². The number of nitrogens with two attached hydrogens (primary N) is 1. The second kappa shape index (κ2) is 5.61. The lowest BCUT2D eigenvalue weighted by Crippen LogP contribution is -2.07. The van der Waals surface area contributed by atoms with Gasteiger partial charge in [0.2, 0.25) is 0 Å². The van der Waals surface area contributed by atoms with Crippen molar-refractivity contribution in [3.63, 3.8) is 0 Å². The van der Waals surface area contributed by atoms with Crippen LogP contribution in [0.3, 0.4) is 0 Å². The van der Waals surface area contributed by atoms with Crippen LogP contribution in [0.4, 0.5) is 0 Å². The fourth-order valence-corrected chi connectivity index (χ4v) is 2.65. The molecule has 3 nitrogen and oxygen atoms in total. The lowest BCUT2D eigenvalue weighted by Gasteiger charge is -2.17. The molecule has 2 rings (SSSR count). The zero-order chi connectivity index (χ0) is 13.1. The molecule has 0 radical (unpaired) electrons. The molecular weight excluding hydrogens is 226 g/mol. The first-order valence-electron chi connectivity index (χ1n) is 6.71. The number of ether oxygens (including phenoxy) is 2. The molecule has 1 aromatic carbocycles. The summed E-state index contributed by atoms with van der Waals surface area (Å²) in [6, 6.07) is 2.11. The number of methoxy groups -OCH3 is 1. The van der Waals surface area contributed by atoms with Crippen LogP contribution >= 0.6 is 0 Å². The molecule has 0 fully saturated rings. The van der Waals surface area contributed by atoms with Crippen molar-refractivity contribution in [1.82, 2.24) is 0 Å². The minimum absolute atomic E-state index is 0.615. The molecule has 0 saturated heterocycles. The molecule has 3 heteroatoms. The number of fused-ring (bicyclic) bond motifs is 1. The zero-order valence-electron chi connectivity index (χ0n) is 11.6. The summed E-state index contributed by atoms with van der Waals surface area (Å²) in [5.41, 5.74) is 9.52. The normalized spacial score (nSPS) is 13.6. The van der Waals surface area contributed by atoms with Gasteiger partial charge in [-0.2, -0.15) is 0 Å². The van der Waals surface area contributed by atoms with Gasteiger partial charge in [-0.1, -0.05) is 13.8 Å². The maximum atomic E-state index is 5.79. The Bertz CT molecular complexity index is 427. The number of benzene rings is 1. The highest BCUT2D eigenvalue weighted by molar-refractivity contribution is 5.55. The molecule has 1 aromatic rings. The van der Waals surface area contributed by atoms with Crippen LogP contribution in [0, 0.1) is 5.92 Å². The fraction of sp³-hybridized carbons (Fsp3) is 0.600. The summed E-state index contributed by atoms with van der Waals surface area (Å²) in [4.78, 5) is 0. The molecule has 100 valence electrons. The molecule has 0 aromatic heterocycles. The van der Waals surface area contributed by atoms with Crippen LogP contribution in [0.15, 0.2) is 6.07 Å². The Morgan fingerprint density at radius 1 is 1.44 bits per heavy atom. The standard InChI is InChI=1S/C15H23NO2/c1-10(2)8-13-12-5-7-18-15(12)11(4-6-16)9-14(13)17-3/h9-10H,4-8,16H2,1-3H3. The molecule has 0 aliphatic carbocycles. The molecule has 0 spiro atoms. The van der Waals surface area contributed by atoms with Gasteiger partial charge in [0.1, 0.15) is 11.5 Å². The first-order chi connectivity index (χ1) is 8.67. The summed E-state index contributed by atoms with van der Waals surface area (Å²) in [7, 11) is 1.74. The van der Waals surface area contributed by atoms with E-state index in [1.54, 1.807) is 7.11 Å². The molecule has 0 amide bonds. The summed E-state index contributed by atoms with van der Waals surface area (Å²) in [5.74, 6) is 2.68. The van der Waals surface area contributed by atoms with Gasteiger partial charge >= 0.3 is 0 Å². The molecule has 0 atom stereocenters. The molecule has 1 heterocycles. The van der Waals surface area contributed by atoms with Gasteiger partial charge in [0.25, 0.3) is 0 Å². The van der Waals surface area contributed by atoms with E-state index < -0.39 is 0 Å². The van der Waals surface area contributed by atoms with E-state index in [0.717, 1.165) is 37.4 Å². The van der Waals surface area contributed by atoms with E-state index in [9.17, 15) is 0 Å². The SMILES string of the molecule is COc1cc(CCN)c2c(c1CC(C)C)CCO2. The van der Waals surface area contributed by atoms with Gasteiger partial charge in [-0.25, -0.2) is 0 Å². The van der Waals surface area contributed by atoms with E-state index in [4.69, 9.17) is 15.2 Å². The molecule has 18 heavy (non-hydrogen) atoms. The third-order valence-electron chi connectivity index (χ3n) is 3.38. The minimum atomic E-state index is 0.615. The maximum absolute atomic E-state index is 5.79. The highest BCUT2D eigenvalue weighted by Gasteiger charge is 2.23. The maximum Gasteiger partial charge on any atom is 0.126 e. The van der Waals surface area contributed by atoms with Crippen molar-refractivity contribution >= 4 is 0 Å². The van der Waals surface area contributed by atoms with Gasteiger partial charge < -0.3 is 15.2 Å². The van der Waals surface area contributed by atoms with Crippen LogP contribution < -0.4 is 15.2 Å². The molecule has 1 aliphatic rings. The summed E-state index contributed by atoms with van der Waals surface area (Å²) < 4.78 is 11.4. The number of hydrogen-bond donors (Lipinski definition) is 1. The van der Waals surface area contributed by atoms with Gasteiger partial charge in [0.05, 0.1) is 13.7 Å². The van der Waals surface area contributed by atoms with Gasteiger partial charge in [-0.05, 0) is 36.9 Å². The lowest BCUT2D eigenvalue weighted by atomic mass is 9.92. The van der Waals surface area contributed by atoms with Gasteiger partial charge in [-0.15, -0.1) is 0 Å². The van der Waals surface area contributed by atoms with Crippen molar-refractivity contribution in [3.8, 4) is 11.5 Å². The van der Waals surface area contributed by atoms with Crippen molar-refractivity contribution in [2.45, 2.75) is 33.1 Å². The average molecular weight is 249 g/mol. The van der Waals surface area contributed by atoms with Crippen LogP contribution in [-0.4, -0.2) is 20.3 Å². The van der Waals surface area contributed by atoms with E-state index in [1.807, 2.05) is 0 Å². The van der Waals surface area contributed by atoms with Gasteiger partial charge in [0, 0.05) is 17.5 Å². The van der Waals surface area contributed by atoms with Crippen LogP contribution in [0.5, 0.6) is 11.5 Å². The lowest BCUT2D eigenvalue weighted by molar-refractivity contribution is 0.352. The Kier molecular flexibility index (Phi) is 4.12. The minimum Gasteiger partial charge on any atom is -0.496 e. The second-order valence-corrected chi connectivity index (χ2v) is 5.26. The summed E-state index contributed by atoms with van der Waals surface area (Å²) >= 11 is 0. The van der Waals surface area contributed by atoms with Crippen molar-refractivity contribution in [1.29, 1.82) is 0 Å². The summed E-state index contributed by atoms with van der Waals surface area (Å²) in [6.45, 7) is 5.89. The monoisotopic (exact) mass is 249 g/mol. The van der Waals surface area contributed by atoms with E-state index >= 15 is 0 Å². The molecule has 0 unspecified atom stereocenters. The number of rotatable bonds is 5. The first-order valence-corrected chi connectivity index (χ1v) is 6.71. The molecular formula is C15H23NO2. The van der Waals surface area contributed by atoms with Gasteiger partial charge in [0.15, 0.2) is 0 Å². The third kappa shape index (κ3) is 2.46. The van der Waals surface area contributed by atoms with Crippen LogP contribution in [0.2, 0.25) is 0 Å². The van der Waals surface area contributed by atoms with Crippen molar-refractivity contribution in [3.05, 3.63) is 22.8 Å². The quantitative estimate of drug-likeness (QED) is 0.871. The Balaban J connectivity index is 2.48. The molecule has 0 saturated carbocycles. The molecule has 1 aliphatic heterocycles. The van der Waals surface area contributed by atoms with E-state index in [2.05, 4.69) is 19.9 Å². The molecule has 0 bridgehead atoms. The summed E-state index contributed by atoms with van der Waals surface area (Å²) in [6.07, 6.45) is 2.88. The Morgan fingerprint density at radius 2 is 2.22 bits per heavy atom. The zero-order valence-corrected chi connectivity index (χ0v) is 11.6. The highest BCUT2D eigenvalue weighted by atomic mass is 16.5. The fourth-order valence-electron chi connectivity index (χ4n) is 2.65. The van der Waals surface area contributed by atoms with Gasteiger partial charge in [-0.3, -0.25) is 0 Å². The highest BCUT2D eigenvalue weighted by Crippen LogP contribution is 2.39. The summed E-state index contributed by atoms with van der Waals surface area (Å²) in [5, 5.41) is 0. The van der Waals surface area contributed by atoms with Crippen molar-refractivity contribution in [2.75, 3.05) is 20.3 Å². The number of hydrogen-bond acceptors (Lipinski definition) is 3. The van der Waals surface area contributed by atoms with Crippen LogP contribution in [0.25, 0.3) is 0 Å². The van der Waals surface area contributed by atoms with Crippen molar-refractivity contribution < 1.29 is 9.47 Å². The van der Waals surface area contributed by atoms with E-state index in [1.165, 1.54) is 16.7 Å². The van der Waals surface area contributed by atoms with Crippen LogP contribution in [-0.2, 0) is 19.3 Å². The smallest absolute Gasteiger partial charge is 0.126 e. The Morgan fingerprint density at radius 3 is 2.83 bits per heavy atom. The Labute approximate surface area is 109 Å². The average Bonchev–Trinajstić information content (AvgIpc) is 2.81. The second-order valence-electron chi connectivity index (χ2n) is 5.26. The Hall–Kier alpha value is -1.22. The van der Waals surface area contributed by atoms with E-state index in [0.29, 0.717) is 12.5 Å². The first kappa shape index (κ1) is 13.2.